The van der Waals surface area contributed by atoms with Crippen molar-refractivity contribution in [2.75, 3.05) is 18.4 Å². The van der Waals surface area contributed by atoms with Crippen molar-refractivity contribution >= 4 is 23.4 Å². The van der Waals surface area contributed by atoms with Crippen molar-refractivity contribution in [3.05, 3.63) is 78.8 Å². The third-order valence-electron chi connectivity index (χ3n) is 3.72. The number of benzene rings is 2. The predicted molar refractivity (Wildman–Crippen MR) is 106 cm³/mol. The van der Waals surface area contributed by atoms with Crippen LogP contribution in [0.5, 0.6) is 11.5 Å². The SMILES string of the molecule is O=C(CNC(=O)c1ccco1)NCC(=O)Nc1ccc(Oc2ccccc2)cc1. The molecule has 0 saturated heterocycles. The molecule has 29 heavy (non-hydrogen) atoms. The van der Waals surface area contributed by atoms with E-state index in [1.165, 1.54) is 12.3 Å². The van der Waals surface area contributed by atoms with E-state index in [-0.39, 0.29) is 18.8 Å². The largest absolute Gasteiger partial charge is 0.459 e. The molecule has 1 aromatic heterocycles. The van der Waals surface area contributed by atoms with Gasteiger partial charge in [-0.2, -0.15) is 0 Å². The third-order valence-corrected chi connectivity index (χ3v) is 3.72. The first kappa shape index (κ1) is 19.7. The van der Waals surface area contributed by atoms with Gasteiger partial charge in [0.2, 0.25) is 11.8 Å². The normalized spacial score (nSPS) is 10.1. The van der Waals surface area contributed by atoms with Crippen LogP contribution < -0.4 is 20.7 Å². The fourth-order valence-corrected chi connectivity index (χ4v) is 2.33. The second kappa shape index (κ2) is 9.75. The Balaban J connectivity index is 1.38. The minimum atomic E-state index is -0.507. The van der Waals surface area contributed by atoms with Gasteiger partial charge >= 0.3 is 0 Å². The molecule has 0 spiro atoms. The Morgan fingerprint density at radius 3 is 2.14 bits per heavy atom. The number of furan rings is 1. The fourth-order valence-electron chi connectivity index (χ4n) is 2.33. The Kier molecular flexibility index (Phi) is 6.62. The summed E-state index contributed by atoms with van der Waals surface area (Å²) in [6.45, 7) is -0.490. The Bertz CT molecular complexity index is 954. The topological polar surface area (TPSA) is 110 Å². The van der Waals surface area contributed by atoms with E-state index in [9.17, 15) is 14.4 Å². The molecule has 3 amide bonds. The van der Waals surface area contributed by atoms with Crippen molar-refractivity contribution < 1.29 is 23.5 Å². The van der Waals surface area contributed by atoms with Crippen LogP contribution in [0.15, 0.2) is 77.4 Å². The predicted octanol–water partition coefficient (Wildman–Crippen LogP) is 2.56. The summed E-state index contributed by atoms with van der Waals surface area (Å²) in [5, 5.41) is 7.48. The van der Waals surface area contributed by atoms with Crippen LogP contribution in [0.25, 0.3) is 0 Å². The zero-order valence-electron chi connectivity index (χ0n) is 15.4. The van der Waals surface area contributed by atoms with E-state index in [0.29, 0.717) is 17.2 Å². The number of hydrogen-bond donors (Lipinski definition) is 3. The molecular weight excluding hydrogens is 374 g/mol. The lowest BCUT2D eigenvalue weighted by Gasteiger charge is -2.09. The van der Waals surface area contributed by atoms with Gasteiger partial charge < -0.3 is 25.1 Å². The number of amides is 3. The Morgan fingerprint density at radius 1 is 0.759 bits per heavy atom. The molecule has 3 aromatic rings. The van der Waals surface area contributed by atoms with Gasteiger partial charge in [-0.25, -0.2) is 0 Å². The minimum absolute atomic E-state index is 0.107. The molecular formula is C21H19N3O5. The van der Waals surface area contributed by atoms with Crippen LogP contribution in [0.1, 0.15) is 10.6 Å². The number of hydrogen-bond acceptors (Lipinski definition) is 5. The number of anilines is 1. The number of nitrogens with one attached hydrogen (secondary N) is 3. The highest BCUT2D eigenvalue weighted by atomic mass is 16.5. The number of para-hydroxylation sites is 1. The van der Waals surface area contributed by atoms with Crippen LogP contribution >= 0.6 is 0 Å². The summed E-state index contributed by atoms with van der Waals surface area (Å²) in [4.78, 5) is 35.4. The lowest BCUT2D eigenvalue weighted by Crippen LogP contribution is -2.40. The molecule has 0 radical (unpaired) electrons. The van der Waals surface area contributed by atoms with Crippen LogP contribution in [0.3, 0.4) is 0 Å². The highest BCUT2D eigenvalue weighted by Gasteiger charge is 2.11. The number of carbonyl (C=O) groups is 3. The van der Waals surface area contributed by atoms with Crippen molar-refractivity contribution in [3.63, 3.8) is 0 Å². The van der Waals surface area contributed by atoms with Gasteiger partial charge in [0.15, 0.2) is 5.76 Å². The van der Waals surface area contributed by atoms with Gasteiger partial charge in [0.1, 0.15) is 11.5 Å². The van der Waals surface area contributed by atoms with E-state index in [1.807, 2.05) is 30.3 Å². The summed E-state index contributed by atoms with van der Waals surface area (Å²) in [5.41, 5.74) is 0.566. The minimum Gasteiger partial charge on any atom is -0.459 e. The molecule has 0 atom stereocenters. The molecule has 0 bridgehead atoms. The number of carbonyl (C=O) groups excluding carboxylic acids is 3. The molecule has 8 nitrogen and oxygen atoms in total. The van der Waals surface area contributed by atoms with Gasteiger partial charge in [-0.15, -0.1) is 0 Å². The van der Waals surface area contributed by atoms with Crippen molar-refractivity contribution in [3.8, 4) is 11.5 Å². The molecule has 2 aromatic carbocycles. The Morgan fingerprint density at radius 2 is 1.45 bits per heavy atom. The van der Waals surface area contributed by atoms with Crippen molar-refractivity contribution in [2.45, 2.75) is 0 Å². The Hall–Kier alpha value is -4.07. The average molecular weight is 393 g/mol. The standard InChI is InChI=1S/C21H19N3O5/c25-19(13-23-21(27)18-7-4-12-28-18)22-14-20(26)24-15-8-10-17(11-9-15)29-16-5-2-1-3-6-16/h1-12H,13-14H2,(H,22,25)(H,23,27)(H,24,26). The first-order valence-corrected chi connectivity index (χ1v) is 8.81. The summed E-state index contributed by atoms with van der Waals surface area (Å²) < 4.78 is 10.6. The molecule has 148 valence electrons. The Labute approximate surface area is 166 Å². The number of rotatable bonds is 8. The lowest BCUT2D eigenvalue weighted by molar-refractivity contribution is -0.123. The van der Waals surface area contributed by atoms with Crippen LogP contribution in [0, 0.1) is 0 Å². The lowest BCUT2D eigenvalue weighted by atomic mass is 10.3. The van der Waals surface area contributed by atoms with E-state index < -0.39 is 17.7 Å². The first-order chi connectivity index (χ1) is 14.1. The molecule has 0 saturated carbocycles. The van der Waals surface area contributed by atoms with E-state index >= 15 is 0 Å². The molecule has 0 fully saturated rings. The van der Waals surface area contributed by atoms with Gasteiger partial charge in [-0.1, -0.05) is 18.2 Å². The molecule has 0 aliphatic rings. The monoisotopic (exact) mass is 393 g/mol. The zero-order chi connectivity index (χ0) is 20.5. The highest BCUT2D eigenvalue weighted by molar-refractivity contribution is 5.96. The van der Waals surface area contributed by atoms with Crippen LogP contribution in [0.2, 0.25) is 0 Å². The summed E-state index contributed by atoms with van der Waals surface area (Å²) in [7, 11) is 0. The summed E-state index contributed by atoms with van der Waals surface area (Å²) >= 11 is 0. The van der Waals surface area contributed by atoms with Crippen molar-refractivity contribution in [1.29, 1.82) is 0 Å². The summed E-state index contributed by atoms with van der Waals surface area (Å²) in [6, 6.07) is 19.2. The quantitative estimate of drug-likeness (QED) is 0.545. The third kappa shape index (κ3) is 6.24. The van der Waals surface area contributed by atoms with Crippen molar-refractivity contribution in [1.82, 2.24) is 10.6 Å². The maximum absolute atomic E-state index is 12.0. The van der Waals surface area contributed by atoms with E-state index in [4.69, 9.17) is 9.15 Å². The van der Waals surface area contributed by atoms with E-state index in [1.54, 1.807) is 30.3 Å². The molecule has 1 heterocycles. The van der Waals surface area contributed by atoms with E-state index in [2.05, 4.69) is 16.0 Å². The van der Waals surface area contributed by atoms with Gasteiger partial charge in [0.05, 0.1) is 19.4 Å². The number of ether oxygens (including phenoxy) is 1. The molecule has 0 unspecified atom stereocenters. The smallest absolute Gasteiger partial charge is 0.287 e. The average Bonchev–Trinajstić information content (AvgIpc) is 3.28. The highest BCUT2D eigenvalue weighted by Crippen LogP contribution is 2.22. The second-order valence-corrected chi connectivity index (χ2v) is 5.92. The van der Waals surface area contributed by atoms with Crippen LogP contribution in [-0.4, -0.2) is 30.8 Å². The molecule has 3 N–H and O–H groups in total. The molecule has 8 heteroatoms. The van der Waals surface area contributed by atoms with Crippen molar-refractivity contribution in [2.24, 2.45) is 0 Å². The summed E-state index contributed by atoms with van der Waals surface area (Å²) in [6.07, 6.45) is 1.36. The van der Waals surface area contributed by atoms with Gasteiger partial charge in [-0.3, -0.25) is 14.4 Å². The zero-order valence-corrected chi connectivity index (χ0v) is 15.4. The molecule has 0 aliphatic heterocycles. The van der Waals surface area contributed by atoms with E-state index in [0.717, 1.165) is 0 Å². The maximum atomic E-state index is 12.0. The second-order valence-electron chi connectivity index (χ2n) is 5.92. The van der Waals surface area contributed by atoms with Crippen LogP contribution in [0.4, 0.5) is 5.69 Å². The van der Waals surface area contributed by atoms with Gasteiger partial charge in [-0.05, 0) is 48.5 Å². The fraction of sp³-hybridized carbons (Fsp3) is 0.0952. The molecule has 3 rings (SSSR count). The van der Waals surface area contributed by atoms with Gasteiger partial charge in [0.25, 0.3) is 5.91 Å². The summed E-state index contributed by atoms with van der Waals surface area (Å²) in [5.74, 6) is 0.0580. The first-order valence-electron chi connectivity index (χ1n) is 8.81. The van der Waals surface area contributed by atoms with Gasteiger partial charge in [0, 0.05) is 5.69 Å². The van der Waals surface area contributed by atoms with Crippen LogP contribution in [-0.2, 0) is 9.59 Å². The molecule has 0 aliphatic carbocycles. The maximum Gasteiger partial charge on any atom is 0.287 e.